The fourth-order valence-electron chi connectivity index (χ4n) is 3.25. The zero-order chi connectivity index (χ0) is 28.7. The SMILES string of the molecule is CC(C)C[C@H](NC(=O)[C@@H](NC(=O)[C@H](CO)NC(=O)CN)C(C)C)C(=O)N[C@@H](CCCNC(N)=O)C(=O)O. The van der Waals surface area contributed by atoms with Gasteiger partial charge in [-0.1, -0.05) is 27.7 Å². The van der Waals surface area contributed by atoms with E-state index in [2.05, 4.69) is 26.6 Å². The number of nitrogens with two attached hydrogens (primary N) is 2. The monoisotopic (exact) mass is 531 g/mol. The lowest BCUT2D eigenvalue weighted by Gasteiger charge is -2.28. The number of carboxylic acid groups (broad SMARTS) is 1. The number of aliphatic carboxylic acids is 1. The van der Waals surface area contributed by atoms with Gasteiger partial charge in [-0.15, -0.1) is 0 Å². The van der Waals surface area contributed by atoms with Crippen molar-refractivity contribution in [1.82, 2.24) is 26.6 Å². The Kier molecular flexibility index (Phi) is 15.5. The molecule has 0 fully saturated rings. The molecule has 15 heteroatoms. The fourth-order valence-corrected chi connectivity index (χ4v) is 3.25. The third kappa shape index (κ3) is 13.4. The van der Waals surface area contributed by atoms with Crippen LogP contribution in [0.2, 0.25) is 0 Å². The van der Waals surface area contributed by atoms with Gasteiger partial charge in [0, 0.05) is 6.54 Å². The van der Waals surface area contributed by atoms with Gasteiger partial charge in [-0.3, -0.25) is 19.2 Å². The van der Waals surface area contributed by atoms with E-state index in [1.807, 2.05) is 13.8 Å². The predicted octanol–water partition coefficient (Wildman–Crippen LogP) is -2.89. The number of hydrogen-bond donors (Lipinski definition) is 9. The second kappa shape index (κ2) is 17.1. The zero-order valence-electron chi connectivity index (χ0n) is 21.7. The van der Waals surface area contributed by atoms with E-state index in [9.17, 15) is 39.0 Å². The highest BCUT2D eigenvalue weighted by molar-refractivity contribution is 5.95. The third-order valence-corrected chi connectivity index (χ3v) is 5.19. The topological polar surface area (TPSA) is 255 Å². The average Bonchev–Trinajstić information content (AvgIpc) is 2.80. The second-order valence-corrected chi connectivity index (χ2v) is 9.26. The number of rotatable bonds is 17. The van der Waals surface area contributed by atoms with E-state index in [0.29, 0.717) is 0 Å². The van der Waals surface area contributed by atoms with Crippen LogP contribution in [0, 0.1) is 11.8 Å². The van der Waals surface area contributed by atoms with Gasteiger partial charge in [-0.2, -0.15) is 0 Å². The molecule has 0 saturated carbocycles. The van der Waals surface area contributed by atoms with Crippen LogP contribution in [-0.2, 0) is 24.0 Å². The first-order valence-corrected chi connectivity index (χ1v) is 12.0. The minimum atomic E-state index is -1.33. The van der Waals surface area contributed by atoms with Crippen LogP contribution in [0.15, 0.2) is 0 Å². The van der Waals surface area contributed by atoms with Gasteiger partial charge in [0.15, 0.2) is 0 Å². The number of carbonyl (C=O) groups excluding carboxylic acids is 5. The summed E-state index contributed by atoms with van der Waals surface area (Å²) in [6.07, 6.45) is 0.415. The van der Waals surface area contributed by atoms with Crippen LogP contribution in [0.1, 0.15) is 47.0 Å². The number of aliphatic hydroxyl groups is 1. The van der Waals surface area contributed by atoms with Gasteiger partial charge in [-0.25, -0.2) is 9.59 Å². The van der Waals surface area contributed by atoms with Gasteiger partial charge >= 0.3 is 12.0 Å². The van der Waals surface area contributed by atoms with Crippen molar-refractivity contribution in [2.45, 2.75) is 71.1 Å². The van der Waals surface area contributed by atoms with E-state index in [1.165, 1.54) is 0 Å². The van der Waals surface area contributed by atoms with Crippen molar-refractivity contribution in [3.05, 3.63) is 0 Å². The minimum absolute atomic E-state index is 0.00540. The van der Waals surface area contributed by atoms with E-state index in [0.717, 1.165) is 0 Å². The molecule has 6 amide bonds. The van der Waals surface area contributed by atoms with Crippen molar-refractivity contribution in [1.29, 1.82) is 0 Å². The van der Waals surface area contributed by atoms with E-state index < -0.39 is 78.9 Å². The maximum Gasteiger partial charge on any atom is 0.326 e. The number of primary amides is 1. The van der Waals surface area contributed by atoms with Crippen LogP contribution in [0.3, 0.4) is 0 Å². The number of aliphatic hydroxyl groups excluding tert-OH is 1. The van der Waals surface area contributed by atoms with Crippen molar-refractivity contribution in [3.63, 3.8) is 0 Å². The number of nitrogens with one attached hydrogen (secondary N) is 5. The molecule has 0 spiro atoms. The highest BCUT2D eigenvalue weighted by Crippen LogP contribution is 2.09. The number of carboxylic acids is 1. The molecule has 0 bridgehead atoms. The Morgan fingerprint density at radius 1 is 0.811 bits per heavy atom. The summed E-state index contributed by atoms with van der Waals surface area (Å²) in [4.78, 5) is 72.4. The van der Waals surface area contributed by atoms with Crippen LogP contribution in [0.4, 0.5) is 4.79 Å². The molecule has 0 heterocycles. The van der Waals surface area contributed by atoms with Crippen LogP contribution < -0.4 is 38.1 Å². The lowest BCUT2D eigenvalue weighted by atomic mass is 9.99. The number of carbonyl (C=O) groups is 6. The normalized spacial score (nSPS) is 14.2. The molecule has 212 valence electrons. The molecule has 15 nitrogen and oxygen atoms in total. The predicted molar refractivity (Wildman–Crippen MR) is 133 cm³/mol. The van der Waals surface area contributed by atoms with Crippen LogP contribution in [0.5, 0.6) is 0 Å². The summed E-state index contributed by atoms with van der Waals surface area (Å²) in [5, 5.41) is 30.9. The molecule has 37 heavy (non-hydrogen) atoms. The lowest BCUT2D eigenvalue weighted by Crippen LogP contribution is -2.60. The van der Waals surface area contributed by atoms with Gasteiger partial charge < -0.3 is 48.3 Å². The van der Waals surface area contributed by atoms with Gasteiger partial charge in [-0.05, 0) is 31.1 Å². The van der Waals surface area contributed by atoms with Gasteiger partial charge in [0.1, 0.15) is 24.2 Å². The Morgan fingerprint density at radius 2 is 1.38 bits per heavy atom. The number of urea groups is 1. The molecular weight excluding hydrogens is 490 g/mol. The molecule has 0 unspecified atom stereocenters. The van der Waals surface area contributed by atoms with Crippen molar-refractivity contribution >= 4 is 35.6 Å². The third-order valence-electron chi connectivity index (χ3n) is 5.19. The molecule has 0 aliphatic heterocycles. The first-order chi connectivity index (χ1) is 17.2. The highest BCUT2D eigenvalue weighted by Gasteiger charge is 2.32. The van der Waals surface area contributed by atoms with E-state index in [4.69, 9.17) is 11.5 Å². The van der Waals surface area contributed by atoms with Crippen LogP contribution >= 0.6 is 0 Å². The quantitative estimate of drug-likeness (QED) is 0.0872. The molecule has 0 radical (unpaired) electrons. The molecule has 0 saturated heterocycles. The first-order valence-electron chi connectivity index (χ1n) is 12.0. The summed E-state index contributed by atoms with van der Waals surface area (Å²) in [5.74, 6) is -4.72. The largest absolute Gasteiger partial charge is 0.480 e. The molecule has 0 aliphatic rings. The summed E-state index contributed by atoms with van der Waals surface area (Å²) >= 11 is 0. The van der Waals surface area contributed by atoms with Crippen molar-refractivity contribution in [2.24, 2.45) is 23.3 Å². The molecule has 0 aromatic rings. The number of amides is 6. The van der Waals surface area contributed by atoms with Crippen molar-refractivity contribution < 1.29 is 39.0 Å². The van der Waals surface area contributed by atoms with Gasteiger partial charge in [0.25, 0.3) is 0 Å². The molecule has 4 atom stereocenters. The molecule has 0 aliphatic carbocycles. The van der Waals surface area contributed by atoms with Crippen molar-refractivity contribution in [3.8, 4) is 0 Å². The summed E-state index contributed by atoms with van der Waals surface area (Å²) in [6, 6.07) is -5.60. The van der Waals surface area contributed by atoms with Crippen molar-refractivity contribution in [2.75, 3.05) is 19.7 Å². The Hall–Kier alpha value is -3.46. The van der Waals surface area contributed by atoms with E-state index in [1.54, 1.807) is 13.8 Å². The average molecular weight is 532 g/mol. The zero-order valence-corrected chi connectivity index (χ0v) is 21.7. The van der Waals surface area contributed by atoms with Gasteiger partial charge in [0.05, 0.1) is 13.2 Å². The minimum Gasteiger partial charge on any atom is -0.480 e. The summed E-state index contributed by atoms with van der Waals surface area (Å²) < 4.78 is 0. The Balaban J connectivity index is 5.46. The van der Waals surface area contributed by atoms with Crippen LogP contribution in [-0.4, -0.2) is 89.7 Å². The molecular formula is C22H41N7O8. The molecule has 0 rings (SSSR count). The summed E-state index contributed by atoms with van der Waals surface area (Å²) in [6.45, 7) is 5.91. The molecule has 11 N–H and O–H groups in total. The maximum atomic E-state index is 13.1. The molecule has 0 aromatic heterocycles. The Labute approximate surface area is 215 Å². The highest BCUT2D eigenvalue weighted by atomic mass is 16.4. The van der Waals surface area contributed by atoms with Crippen LogP contribution in [0.25, 0.3) is 0 Å². The van der Waals surface area contributed by atoms with E-state index >= 15 is 0 Å². The maximum absolute atomic E-state index is 13.1. The standard InChI is InChI=1S/C22H41N7O8/c1-11(2)8-14(18(32)27-13(21(35)36)6-5-7-25-22(24)37)28-20(34)17(12(3)4)29-19(33)15(10-30)26-16(31)9-23/h11-15,17,30H,5-10,23H2,1-4H3,(H,26,31)(H,27,32)(H,28,34)(H,29,33)(H,35,36)(H3,24,25,37)/t13-,14-,15-,17-/m0/s1. The summed E-state index contributed by atoms with van der Waals surface area (Å²) in [5.41, 5.74) is 10.2. The Bertz CT molecular complexity index is 806. The smallest absolute Gasteiger partial charge is 0.326 e. The Morgan fingerprint density at radius 3 is 1.84 bits per heavy atom. The fraction of sp³-hybridized carbons (Fsp3) is 0.727. The first kappa shape index (κ1) is 33.5. The lowest BCUT2D eigenvalue weighted by molar-refractivity contribution is -0.142. The molecule has 0 aromatic carbocycles. The van der Waals surface area contributed by atoms with Gasteiger partial charge in [0.2, 0.25) is 23.6 Å². The summed E-state index contributed by atoms with van der Waals surface area (Å²) in [7, 11) is 0. The second-order valence-electron chi connectivity index (χ2n) is 9.26. The van der Waals surface area contributed by atoms with E-state index in [-0.39, 0.29) is 31.7 Å². The number of hydrogen-bond acceptors (Lipinski definition) is 8.